The minimum atomic E-state index is -4.67. The molecule has 2 rings (SSSR count). The summed E-state index contributed by atoms with van der Waals surface area (Å²) in [7, 11) is -4.67. The molecule has 2 aliphatic rings. The molecule has 0 aliphatic carbocycles. The Morgan fingerprint density at radius 1 is 0.800 bits per heavy atom. The Labute approximate surface area is 139 Å². The minimum absolute atomic E-state index is 0.114. The summed E-state index contributed by atoms with van der Waals surface area (Å²) in [5.74, 6) is -3.38. The maximum Gasteiger partial charge on any atom is 0.394 e. The van der Waals surface area contributed by atoms with Crippen molar-refractivity contribution >= 4 is 45.7 Å². The van der Waals surface area contributed by atoms with Crippen LogP contribution in [-0.2, 0) is 29.6 Å². The zero-order valence-electron chi connectivity index (χ0n) is 12.1. The van der Waals surface area contributed by atoms with Crippen LogP contribution in [0.4, 0.5) is 0 Å². The molecule has 0 saturated heterocycles. The first-order chi connectivity index (χ1) is 11.2. The molecule has 2 amide bonds. The maximum atomic E-state index is 10.6. The first-order valence-electron chi connectivity index (χ1n) is 5.80. The van der Waals surface area contributed by atoms with Gasteiger partial charge in [-0.15, -0.1) is 0 Å². The lowest BCUT2D eigenvalue weighted by molar-refractivity contribution is -0.138. The number of nitrogens with zero attached hydrogens (tertiary/aromatic N) is 2. The highest BCUT2D eigenvalue weighted by atomic mass is 32.3. The average molecular weight is 382 g/mol. The van der Waals surface area contributed by atoms with Crippen LogP contribution in [0.25, 0.3) is 0 Å². The SMILES string of the molecule is NC1=NC(N)C(=O)C(=O)N1.NC1=NC(N)C(=O)C(=O)N1.O=S(=O)(O)O. The van der Waals surface area contributed by atoms with Gasteiger partial charge in [0, 0.05) is 0 Å². The summed E-state index contributed by atoms with van der Waals surface area (Å²) in [4.78, 5) is 49.0. The highest BCUT2D eigenvalue weighted by Gasteiger charge is 2.27. The summed E-state index contributed by atoms with van der Waals surface area (Å²) < 4.78 is 31.6. The fourth-order valence-corrected chi connectivity index (χ4v) is 1.11. The van der Waals surface area contributed by atoms with Crippen LogP contribution in [0.15, 0.2) is 9.98 Å². The third-order valence-electron chi connectivity index (χ3n) is 2.02. The number of aliphatic imine (C=N–C) groups is 2. The van der Waals surface area contributed by atoms with E-state index in [1.54, 1.807) is 0 Å². The second-order valence-corrected chi connectivity index (χ2v) is 4.90. The van der Waals surface area contributed by atoms with Crippen molar-refractivity contribution in [3.8, 4) is 0 Å². The molecule has 2 heterocycles. The summed E-state index contributed by atoms with van der Waals surface area (Å²) in [6.45, 7) is 0. The fourth-order valence-electron chi connectivity index (χ4n) is 1.11. The molecule has 140 valence electrons. The first kappa shape index (κ1) is 22.0. The minimum Gasteiger partial charge on any atom is -0.370 e. The van der Waals surface area contributed by atoms with E-state index in [0.717, 1.165) is 0 Å². The Kier molecular flexibility index (Phi) is 7.70. The molecule has 0 fully saturated rings. The Morgan fingerprint density at radius 3 is 1.24 bits per heavy atom. The van der Waals surface area contributed by atoms with Crippen LogP contribution in [0.5, 0.6) is 0 Å². The summed E-state index contributed by atoms with van der Waals surface area (Å²) in [5.41, 5.74) is 20.3. The molecule has 2 atom stereocenters. The van der Waals surface area contributed by atoms with Crippen LogP contribution in [-0.4, -0.2) is 65.2 Å². The predicted molar refractivity (Wildman–Crippen MR) is 79.7 cm³/mol. The second-order valence-electron chi connectivity index (χ2n) is 4.00. The molecular weight excluding hydrogens is 368 g/mol. The number of rotatable bonds is 0. The standard InChI is InChI=1S/2C4H6N4O2.H2O4S/c2*5-2-1(9)3(10)8-4(6)7-2;1-5(2,3)4/h2*2H,5H2,(H3,6,7,8,10);(H2,1,2,3,4). The number of guanidine groups is 2. The Balaban J connectivity index is 0.000000368. The number of ketones is 2. The van der Waals surface area contributed by atoms with Gasteiger partial charge >= 0.3 is 10.4 Å². The van der Waals surface area contributed by atoms with Gasteiger partial charge in [-0.1, -0.05) is 0 Å². The molecule has 2 aliphatic heterocycles. The van der Waals surface area contributed by atoms with E-state index in [2.05, 4.69) is 9.98 Å². The largest absolute Gasteiger partial charge is 0.394 e. The van der Waals surface area contributed by atoms with Gasteiger partial charge in [0.1, 0.15) is 0 Å². The lowest BCUT2D eigenvalue weighted by Gasteiger charge is -2.12. The topological polar surface area (TPSA) is 296 Å². The molecule has 17 heteroatoms. The molecule has 0 saturated carbocycles. The van der Waals surface area contributed by atoms with Crippen molar-refractivity contribution in [3.05, 3.63) is 0 Å². The van der Waals surface area contributed by atoms with E-state index >= 15 is 0 Å². The van der Waals surface area contributed by atoms with Crippen molar-refractivity contribution in [2.45, 2.75) is 12.3 Å². The number of carbonyl (C=O) groups excluding carboxylic acids is 4. The van der Waals surface area contributed by atoms with Crippen molar-refractivity contribution in [2.75, 3.05) is 0 Å². The molecule has 0 aromatic rings. The van der Waals surface area contributed by atoms with Gasteiger partial charge in [-0.2, -0.15) is 8.42 Å². The Hall–Kier alpha value is -2.99. The third kappa shape index (κ3) is 9.02. The summed E-state index contributed by atoms with van der Waals surface area (Å²) in [5, 5.41) is 4.04. The molecule has 16 nitrogen and oxygen atoms in total. The highest BCUT2D eigenvalue weighted by Crippen LogP contribution is 1.90. The first-order valence-corrected chi connectivity index (χ1v) is 7.20. The van der Waals surface area contributed by atoms with Gasteiger partial charge in [-0.05, 0) is 0 Å². The molecule has 12 N–H and O–H groups in total. The van der Waals surface area contributed by atoms with Crippen LogP contribution in [0.3, 0.4) is 0 Å². The lowest BCUT2D eigenvalue weighted by Crippen LogP contribution is -2.52. The molecule has 0 aromatic carbocycles. The van der Waals surface area contributed by atoms with Crippen LogP contribution in [0.1, 0.15) is 0 Å². The van der Waals surface area contributed by atoms with Crippen LogP contribution in [0, 0.1) is 0 Å². The van der Waals surface area contributed by atoms with Gasteiger partial charge < -0.3 is 22.9 Å². The molecule has 0 spiro atoms. The van der Waals surface area contributed by atoms with Crippen molar-refractivity contribution in [1.29, 1.82) is 0 Å². The van der Waals surface area contributed by atoms with E-state index < -0.39 is 46.1 Å². The zero-order valence-corrected chi connectivity index (χ0v) is 12.9. The normalized spacial score (nSPS) is 22.9. The van der Waals surface area contributed by atoms with Gasteiger partial charge in [-0.3, -0.25) is 38.9 Å². The van der Waals surface area contributed by atoms with Crippen LogP contribution in [0.2, 0.25) is 0 Å². The van der Waals surface area contributed by atoms with E-state index in [1.807, 2.05) is 10.6 Å². The smallest absolute Gasteiger partial charge is 0.370 e. The number of hydrogen-bond acceptors (Lipinski definition) is 12. The molecule has 0 aromatic heterocycles. The van der Waals surface area contributed by atoms with Crippen molar-refractivity contribution < 1.29 is 36.7 Å². The van der Waals surface area contributed by atoms with Crippen molar-refractivity contribution in [2.24, 2.45) is 32.9 Å². The summed E-state index contributed by atoms with van der Waals surface area (Å²) >= 11 is 0. The quantitative estimate of drug-likeness (QED) is 0.143. The van der Waals surface area contributed by atoms with E-state index in [1.165, 1.54) is 0 Å². The van der Waals surface area contributed by atoms with Gasteiger partial charge in [-0.25, -0.2) is 9.98 Å². The molecular formula is C8H14N8O8S. The second kappa shape index (κ2) is 8.75. The van der Waals surface area contributed by atoms with E-state index in [-0.39, 0.29) is 11.9 Å². The number of amides is 2. The number of carbonyl (C=O) groups is 4. The lowest BCUT2D eigenvalue weighted by atomic mass is 10.3. The van der Waals surface area contributed by atoms with E-state index in [0.29, 0.717) is 0 Å². The van der Waals surface area contributed by atoms with E-state index in [9.17, 15) is 19.2 Å². The van der Waals surface area contributed by atoms with Gasteiger partial charge in [0.15, 0.2) is 24.3 Å². The Morgan fingerprint density at radius 2 is 1.04 bits per heavy atom. The fraction of sp³-hybridized carbons (Fsp3) is 0.250. The number of Topliss-reactive ketones (excluding diaryl/α,β-unsaturated/α-hetero) is 2. The van der Waals surface area contributed by atoms with E-state index in [4.69, 9.17) is 40.5 Å². The maximum absolute atomic E-state index is 10.6. The predicted octanol–water partition coefficient (Wildman–Crippen LogP) is -6.08. The molecule has 0 radical (unpaired) electrons. The molecule has 2 unspecified atom stereocenters. The number of nitrogens with one attached hydrogen (secondary N) is 2. The van der Waals surface area contributed by atoms with Gasteiger partial charge in [0.25, 0.3) is 23.4 Å². The number of nitrogens with two attached hydrogens (primary N) is 4. The monoisotopic (exact) mass is 382 g/mol. The van der Waals surface area contributed by atoms with Crippen LogP contribution >= 0.6 is 0 Å². The van der Waals surface area contributed by atoms with Gasteiger partial charge in [0.2, 0.25) is 0 Å². The summed E-state index contributed by atoms with van der Waals surface area (Å²) in [6, 6.07) is 0. The Bertz CT molecular complexity index is 687. The third-order valence-corrected chi connectivity index (χ3v) is 2.02. The summed E-state index contributed by atoms with van der Waals surface area (Å²) in [6.07, 6.45) is -2.26. The highest BCUT2D eigenvalue weighted by molar-refractivity contribution is 7.79. The van der Waals surface area contributed by atoms with Gasteiger partial charge in [0.05, 0.1) is 0 Å². The average Bonchev–Trinajstić information content (AvgIpc) is 2.40. The zero-order chi connectivity index (χ0) is 19.9. The van der Waals surface area contributed by atoms with Crippen LogP contribution < -0.4 is 33.6 Å². The molecule has 25 heavy (non-hydrogen) atoms. The van der Waals surface area contributed by atoms with Crippen molar-refractivity contribution in [1.82, 2.24) is 10.6 Å². The number of hydrogen-bond donors (Lipinski definition) is 8. The molecule has 0 bridgehead atoms. The van der Waals surface area contributed by atoms with Crippen molar-refractivity contribution in [3.63, 3.8) is 0 Å².